The van der Waals surface area contributed by atoms with E-state index < -0.39 is 0 Å². The maximum Gasteiger partial charge on any atom is 0.414 e. The number of amides is 1. The average molecular weight is 584 g/mol. The molecule has 1 spiro atoms. The minimum absolute atomic E-state index is 0.0879. The molecule has 7 nitrogen and oxygen atoms in total. The molecular weight excluding hydrogens is 538 g/mol. The topological polar surface area (TPSA) is 72.0 Å². The van der Waals surface area contributed by atoms with Gasteiger partial charge in [-0.05, 0) is 124 Å². The standard InChI is InChI=1S/C26H31N3O3.C10H14O/c1-32-25(31)29-15-8-19-2-3-21(18-23(19)29)24(30)20-4-9-26(10-5-20)11-16-28(17-12-26)22-6-13-27-14-7-22;1-7-5-10(11-4)6-8(2)9(7)3/h2-3,6-7,13-14,18,20H,4-5,8-12,15-17H2,1H3;5-6H,1-4H3. The molecular formula is C36H45N3O4. The average Bonchev–Trinajstić information content (AvgIpc) is 3.47. The predicted molar refractivity (Wildman–Crippen MR) is 172 cm³/mol. The number of rotatable bonds is 4. The molecule has 1 saturated carbocycles. The molecule has 6 rings (SSSR count). The van der Waals surface area contributed by atoms with Crippen molar-refractivity contribution in [2.75, 3.05) is 43.7 Å². The number of methoxy groups -OCH3 is 2. The largest absolute Gasteiger partial charge is 0.497 e. The number of piperidine rings is 1. The highest BCUT2D eigenvalue weighted by Gasteiger charge is 2.40. The first-order chi connectivity index (χ1) is 20.7. The summed E-state index contributed by atoms with van der Waals surface area (Å²) >= 11 is 0. The van der Waals surface area contributed by atoms with E-state index in [1.54, 1.807) is 12.0 Å². The lowest BCUT2D eigenvalue weighted by Crippen LogP contribution is -2.42. The van der Waals surface area contributed by atoms with Crippen molar-refractivity contribution in [1.29, 1.82) is 0 Å². The minimum Gasteiger partial charge on any atom is -0.497 e. The normalized spacial score (nSPS) is 17.6. The van der Waals surface area contributed by atoms with Gasteiger partial charge in [-0.25, -0.2) is 4.79 Å². The highest BCUT2D eigenvalue weighted by atomic mass is 16.5. The number of benzene rings is 2. The van der Waals surface area contributed by atoms with E-state index in [-0.39, 0.29) is 17.8 Å². The van der Waals surface area contributed by atoms with Crippen molar-refractivity contribution in [3.63, 3.8) is 0 Å². The molecule has 1 aromatic heterocycles. The van der Waals surface area contributed by atoms with E-state index in [9.17, 15) is 9.59 Å². The van der Waals surface area contributed by atoms with E-state index in [0.29, 0.717) is 12.0 Å². The Morgan fingerprint density at radius 2 is 1.51 bits per heavy atom. The molecule has 3 aromatic rings. The molecule has 0 atom stereocenters. The fourth-order valence-corrected chi connectivity index (χ4v) is 6.97. The van der Waals surface area contributed by atoms with Crippen LogP contribution in [-0.2, 0) is 11.2 Å². The van der Waals surface area contributed by atoms with Gasteiger partial charge in [-0.3, -0.25) is 14.7 Å². The quantitative estimate of drug-likeness (QED) is 0.296. The zero-order valence-corrected chi connectivity index (χ0v) is 26.3. The van der Waals surface area contributed by atoms with Gasteiger partial charge >= 0.3 is 6.09 Å². The second kappa shape index (κ2) is 13.2. The van der Waals surface area contributed by atoms with Crippen LogP contribution in [0.15, 0.2) is 54.9 Å². The number of carbonyl (C=O) groups is 2. The Kier molecular flexibility index (Phi) is 9.38. The number of aromatic nitrogens is 1. The van der Waals surface area contributed by atoms with E-state index >= 15 is 0 Å². The van der Waals surface area contributed by atoms with Crippen LogP contribution in [0.3, 0.4) is 0 Å². The van der Waals surface area contributed by atoms with Crippen molar-refractivity contribution >= 4 is 23.3 Å². The summed E-state index contributed by atoms with van der Waals surface area (Å²) in [5.41, 5.74) is 8.26. The second-order valence-corrected chi connectivity index (χ2v) is 12.4. The van der Waals surface area contributed by atoms with Gasteiger partial charge in [0.05, 0.1) is 19.9 Å². The second-order valence-electron chi connectivity index (χ2n) is 12.4. The minimum atomic E-state index is -0.355. The van der Waals surface area contributed by atoms with E-state index in [2.05, 4.69) is 54.9 Å². The van der Waals surface area contributed by atoms with Crippen LogP contribution in [0.1, 0.15) is 71.1 Å². The van der Waals surface area contributed by atoms with Crippen LogP contribution in [0, 0.1) is 32.1 Å². The first-order valence-corrected chi connectivity index (χ1v) is 15.5. The van der Waals surface area contributed by atoms with Gasteiger partial charge in [-0.15, -0.1) is 0 Å². The number of hydrogen-bond acceptors (Lipinski definition) is 6. The Bertz CT molecular complexity index is 1410. The molecule has 0 bridgehead atoms. The van der Waals surface area contributed by atoms with Crippen molar-refractivity contribution in [3.05, 3.63) is 82.7 Å². The fourth-order valence-electron chi connectivity index (χ4n) is 6.97. The summed E-state index contributed by atoms with van der Waals surface area (Å²) in [6, 6.07) is 14.1. The molecule has 7 heteroatoms. The van der Waals surface area contributed by atoms with Gasteiger partial charge in [0.25, 0.3) is 0 Å². The third-order valence-electron chi connectivity index (χ3n) is 10.1. The number of pyridine rings is 1. The molecule has 3 aliphatic rings. The summed E-state index contributed by atoms with van der Waals surface area (Å²) in [4.78, 5) is 33.6. The van der Waals surface area contributed by atoms with Crippen LogP contribution in [0.25, 0.3) is 0 Å². The van der Waals surface area contributed by atoms with E-state index in [4.69, 9.17) is 9.47 Å². The van der Waals surface area contributed by atoms with Crippen molar-refractivity contribution in [2.45, 2.75) is 65.7 Å². The number of aryl methyl sites for hydroxylation is 2. The van der Waals surface area contributed by atoms with Crippen LogP contribution in [-0.4, -0.2) is 50.7 Å². The van der Waals surface area contributed by atoms with E-state index in [1.807, 2.05) is 30.6 Å². The molecule has 3 heterocycles. The predicted octanol–water partition coefficient (Wildman–Crippen LogP) is 7.49. The number of ketones is 1. The van der Waals surface area contributed by atoms with Crippen molar-refractivity contribution in [1.82, 2.24) is 4.98 Å². The monoisotopic (exact) mass is 583 g/mol. The van der Waals surface area contributed by atoms with E-state index in [0.717, 1.165) is 67.8 Å². The van der Waals surface area contributed by atoms with Crippen molar-refractivity contribution < 1.29 is 19.1 Å². The lowest BCUT2D eigenvalue weighted by Gasteiger charge is -2.46. The highest BCUT2D eigenvalue weighted by Crippen LogP contribution is 2.47. The maximum atomic E-state index is 13.3. The van der Waals surface area contributed by atoms with Gasteiger partial charge in [0.2, 0.25) is 0 Å². The van der Waals surface area contributed by atoms with E-state index in [1.165, 1.54) is 42.3 Å². The molecule has 1 amide bonds. The molecule has 1 aliphatic carbocycles. The summed E-state index contributed by atoms with van der Waals surface area (Å²) in [7, 11) is 3.10. The highest BCUT2D eigenvalue weighted by molar-refractivity contribution is 6.00. The molecule has 2 fully saturated rings. The summed E-state index contributed by atoms with van der Waals surface area (Å²) < 4.78 is 10.0. The zero-order valence-electron chi connectivity index (χ0n) is 26.3. The van der Waals surface area contributed by atoms with Crippen LogP contribution in [0.2, 0.25) is 0 Å². The zero-order chi connectivity index (χ0) is 30.6. The summed E-state index contributed by atoms with van der Waals surface area (Å²) in [6.45, 7) is 9.11. The Morgan fingerprint density at radius 1 is 0.860 bits per heavy atom. The van der Waals surface area contributed by atoms with Gasteiger partial charge in [-0.1, -0.05) is 12.1 Å². The number of Topliss-reactive ketones (excluding diaryl/α,β-unsaturated/α-hetero) is 1. The molecule has 0 unspecified atom stereocenters. The van der Waals surface area contributed by atoms with Crippen LogP contribution < -0.4 is 14.5 Å². The van der Waals surface area contributed by atoms with Crippen molar-refractivity contribution in [3.8, 4) is 5.75 Å². The smallest absolute Gasteiger partial charge is 0.414 e. The number of hydrogen-bond donors (Lipinski definition) is 0. The van der Waals surface area contributed by atoms with Crippen LogP contribution in [0.4, 0.5) is 16.2 Å². The first-order valence-electron chi connectivity index (χ1n) is 15.5. The van der Waals surface area contributed by atoms with Gasteiger partial charge in [-0.2, -0.15) is 0 Å². The summed E-state index contributed by atoms with van der Waals surface area (Å²) in [5.74, 6) is 1.27. The Labute approximate surface area is 256 Å². The maximum absolute atomic E-state index is 13.3. The lowest BCUT2D eigenvalue weighted by atomic mass is 9.64. The first kappa shape index (κ1) is 30.6. The third-order valence-corrected chi connectivity index (χ3v) is 10.1. The third kappa shape index (κ3) is 6.71. The Balaban J connectivity index is 0.000000283. The SMILES string of the molecule is COC(=O)N1CCc2ccc(C(=O)C3CCC4(CC3)CCN(c3ccncc3)CC4)cc21.COc1cc(C)c(C)c(C)c1. The summed E-state index contributed by atoms with van der Waals surface area (Å²) in [6.07, 6.45) is 10.8. The molecule has 2 aromatic carbocycles. The number of anilines is 2. The molecule has 1 saturated heterocycles. The lowest BCUT2D eigenvalue weighted by molar-refractivity contribution is 0.0750. The van der Waals surface area contributed by atoms with Crippen molar-refractivity contribution in [2.24, 2.45) is 11.3 Å². The van der Waals surface area contributed by atoms with Gasteiger partial charge < -0.3 is 14.4 Å². The fraction of sp³-hybridized carbons (Fsp3) is 0.472. The number of ether oxygens (including phenoxy) is 2. The van der Waals surface area contributed by atoms with Crippen LogP contribution >= 0.6 is 0 Å². The Morgan fingerprint density at radius 3 is 2.12 bits per heavy atom. The van der Waals surface area contributed by atoms with Gasteiger partial charge in [0.1, 0.15) is 5.75 Å². The summed E-state index contributed by atoms with van der Waals surface area (Å²) in [5, 5.41) is 0. The van der Waals surface area contributed by atoms with Crippen LogP contribution in [0.5, 0.6) is 5.75 Å². The molecule has 0 radical (unpaired) electrons. The van der Waals surface area contributed by atoms with Gasteiger partial charge in [0, 0.05) is 49.2 Å². The molecule has 43 heavy (non-hydrogen) atoms. The number of nitrogens with zero attached hydrogens (tertiary/aromatic N) is 3. The molecule has 228 valence electrons. The molecule has 2 aliphatic heterocycles. The number of fused-ring (bicyclic) bond motifs is 1. The molecule has 0 N–H and O–H groups in total. The van der Waals surface area contributed by atoms with Gasteiger partial charge in [0.15, 0.2) is 5.78 Å². The number of carbonyl (C=O) groups excluding carboxylic acids is 2. The Hall–Kier alpha value is -3.87.